The van der Waals surface area contributed by atoms with Gasteiger partial charge in [0.15, 0.2) is 0 Å². The highest BCUT2D eigenvalue weighted by Crippen LogP contribution is 1.94. The predicted octanol–water partition coefficient (Wildman–Crippen LogP) is 1.14. The van der Waals surface area contributed by atoms with Crippen LogP contribution in [-0.2, 0) is 4.74 Å². The van der Waals surface area contributed by atoms with Crippen LogP contribution in [0.4, 0.5) is 0 Å². The number of likely N-dealkylation sites (N-methyl/N-ethyl adjacent to an activating group) is 1. The van der Waals surface area contributed by atoms with Gasteiger partial charge in [-0.3, -0.25) is 4.90 Å². The molecule has 0 bridgehead atoms. The summed E-state index contributed by atoms with van der Waals surface area (Å²) in [5, 5.41) is 0. The summed E-state index contributed by atoms with van der Waals surface area (Å²) in [4.78, 5) is 2.19. The summed E-state index contributed by atoms with van der Waals surface area (Å²) in [5.74, 6) is 0. The van der Waals surface area contributed by atoms with E-state index in [9.17, 15) is 0 Å². The Bertz CT molecular complexity index is 93.3. The molecule has 0 aliphatic carbocycles. The molecule has 0 saturated carbocycles. The number of rotatable bonds is 5. The molecule has 0 saturated heterocycles. The van der Waals surface area contributed by atoms with Crippen LogP contribution in [0, 0.1) is 0 Å². The molecule has 60 valence electrons. The highest BCUT2D eigenvalue weighted by Gasteiger charge is 2.05. The second-order valence-corrected chi connectivity index (χ2v) is 2.53. The molecule has 10 heavy (non-hydrogen) atoms. The molecule has 0 aliphatic heterocycles. The van der Waals surface area contributed by atoms with Crippen molar-refractivity contribution in [2.24, 2.45) is 0 Å². The number of nitrogens with zero attached hydrogens (tertiary/aromatic N) is 1. The van der Waals surface area contributed by atoms with Crippen molar-refractivity contribution in [1.29, 1.82) is 0 Å². The minimum atomic E-state index is 0.475. The van der Waals surface area contributed by atoms with Crippen molar-refractivity contribution in [3.63, 3.8) is 0 Å². The molecule has 0 N–H and O–H groups in total. The summed E-state index contributed by atoms with van der Waals surface area (Å²) in [5.41, 5.74) is 0. The van der Waals surface area contributed by atoms with Gasteiger partial charge in [0.05, 0.1) is 6.61 Å². The fourth-order valence-electron chi connectivity index (χ4n) is 0.752. The second kappa shape index (κ2) is 5.45. The third kappa shape index (κ3) is 3.64. The Labute approximate surface area is 63.5 Å². The van der Waals surface area contributed by atoms with Crippen molar-refractivity contribution in [2.75, 3.05) is 27.3 Å². The van der Waals surface area contributed by atoms with E-state index in [1.165, 1.54) is 0 Å². The lowest BCUT2D eigenvalue weighted by Gasteiger charge is -2.21. The summed E-state index contributed by atoms with van der Waals surface area (Å²) in [6.07, 6.45) is 1.90. The lowest BCUT2D eigenvalue weighted by Crippen LogP contribution is -2.32. The van der Waals surface area contributed by atoms with E-state index >= 15 is 0 Å². The first kappa shape index (κ1) is 9.66. The van der Waals surface area contributed by atoms with Crippen LogP contribution < -0.4 is 0 Å². The van der Waals surface area contributed by atoms with E-state index < -0.39 is 0 Å². The molecule has 2 heteroatoms. The van der Waals surface area contributed by atoms with Crippen LogP contribution in [0.3, 0.4) is 0 Å². The van der Waals surface area contributed by atoms with Crippen LogP contribution in [0.1, 0.15) is 6.92 Å². The number of hydrogen-bond acceptors (Lipinski definition) is 2. The molecule has 1 atom stereocenters. The number of ether oxygens (including phenoxy) is 1. The van der Waals surface area contributed by atoms with Gasteiger partial charge < -0.3 is 4.74 Å². The van der Waals surface area contributed by atoms with Crippen molar-refractivity contribution in [3.05, 3.63) is 12.7 Å². The van der Waals surface area contributed by atoms with E-state index in [0.29, 0.717) is 6.04 Å². The van der Waals surface area contributed by atoms with Gasteiger partial charge in [-0.05, 0) is 14.0 Å². The summed E-state index contributed by atoms with van der Waals surface area (Å²) in [6, 6.07) is 0.475. The smallest absolute Gasteiger partial charge is 0.0615 e. The SMILES string of the molecule is C=CCN(C)C(C)COC. The van der Waals surface area contributed by atoms with Crippen molar-refractivity contribution in [3.8, 4) is 0 Å². The lowest BCUT2D eigenvalue weighted by molar-refractivity contribution is 0.122. The lowest BCUT2D eigenvalue weighted by atomic mass is 10.3. The van der Waals surface area contributed by atoms with Gasteiger partial charge in [0.1, 0.15) is 0 Å². The van der Waals surface area contributed by atoms with Crippen molar-refractivity contribution < 1.29 is 4.74 Å². The molecule has 0 heterocycles. The molecule has 0 aromatic heterocycles. The largest absolute Gasteiger partial charge is 0.383 e. The van der Waals surface area contributed by atoms with Crippen molar-refractivity contribution in [2.45, 2.75) is 13.0 Å². The summed E-state index contributed by atoms with van der Waals surface area (Å²) < 4.78 is 5.00. The Morgan fingerprint density at radius 1 is 1.70 bits per heavy atom. The maximum Gasteiger partial charge on any atom is 0.0615 e. The maximum atomic E-state index is 5.00. The van der Waals surface area contributed by atoms with Crippen LogP contribution in [0.25, 0.3) is 0 Å². The molecule has 0 amide bonds. The zero-order valence-electron chi connectivity index (χ0n) is 7.13. The first-order valence-corrected chi connectivity index (χ1v) is 3.52. The second-order valence-electron chi connectivity index (χ2n) is 2.53. The first-order chi connectivity index (χ1) is 4.72. The molecule has 0 radical (unpaired) electrons. The maximum absolute atomic E-state index is 5.00. The number of methoxy groups -OCH3 is 1. The average Bonchev–Trinajstić information content (AvgIpc) is 1.89. The third-order valence-electron chi connectivity index (χ3n) is 1.58. The zero-order valence-corrected chi connectivity index (χ0v) is 7.13. The first-order valence-electron chi connectivity index (χ1n) is 3.52. The Morgan fingerprint density at radius 2 is 2.30 bits per heavy atom. The van der Waals surface area contributed by atoms with Crippen LogP contribution in [0.5, 0.6) is 0 Å². The van der Waals surface area contributed by atoms with Gasteiger partial charge in [0, 0.05) is 19.7 Å². The molecule has 0 fully saturated rings. The summed E-state index contributed by atoms with van der Waals surface area (Å²) in [7, 11) is 3.78. The molecule has 0 aromatic carbocycles. The zero-order chi connectivity index (χ0) is 7.98. The molecular formula is C8H17NO. The summed E-state index contributed by atoms with van der Waals surface area (Å²) >= 11 is 0. The van der Waals surface area contributed by atoms with Gasteiger partial charge in [0.2, 0.25) is 0 Å². The number of hydrogen-bond donors (Lipinski definition) is 0. The van der Waals surface area contributed by atoms with Crippen LogP contribution in [0.15, 0.2) is 12.7 Å². The molecule has 1 unspecified atom stereocenters. The molecular weight excluding hydrogens is 126 g/mol. The topological polar surface area (TPSA) is 12.5 Å². The highest BCUT2D eigenvalue weighted by atomic mass is 16.5. The molecule has 0 aromatic rings. The monoisotopic (exact) mass is 143 g/mol. The minimum Gasteiger partial charge on any atom is -0.383 e. The van der Waals surface area contributed by atoms with Crippen molar-refractivity contribution >= 4 is 0 Å². The third-order valence-corrected chi connectivity index (χ3v) is 1.58. The Morgan fingerprint density at radius 3 is 2.70 bits per heavy atom. The average molecular weight is 143 g/mol. The Kier molecular flexibility index (Phi) is 5.26. The van der Waals surface area contributed by atoms with E-state index in [4.69, 9.17) is 4.74 Å². The fourth-order valence-corrected chi connectivity index (χ4v) is 0.752. The van der Waals surface area contributed by atoms with Gasteiger partial charge >= 0.3 is 0 Å². The molecule has 0 rings (SSSR count). The summed E-state index contributed by atoms with van der Waals surface area (Å²) in [6.45, 7) is 7.50. The molecule has 0 aliphatic rings. The Hall–Kier alpha value is -0.340. The highest BCUT2D eigenvalue weighted by molar-refractivity contribution is 4.74. The van der Waals surface area contributed by atoms with Gasteiger partial charge in [0.25, 0.3) is 0 Å². The van der Waals surface area contributed by atoms with Crippen LogP contribution in [-0.4, -0.2) is 38.3 Å². The standard InChI is InChI=1S/C8H17NO/c1-5-6-9(3)8(2)7-10-4/h5,8H,1,6-7H2,2-4H3. The molecule has 2 nitrogen and oxygen atoms in total. The van der Waals surface area contributed by atoms with Crippen LogP contribution in [0.2, 0.25) is 0 Å². The normalized spacial score (nSPS) is 13.6. The minimum absolute atomic E-state index is 0.475. The van der Waals surface area contributed by atoms with Crippen molar-refractivity contribution in [1.82, 2.24) is 4.90 Å². The fraction of sp³-hybridized carbons (Fsp3) is 0.750. The predicted molar refractivity (Wildman–Crippen MR) is 44.2 cm³/mol. The van der Waals surface area contributed by atoms with E-state index in [2.05, 4.69) is 25.5 Å². The van der Waals surface area contributed by atoms with Gasteiger partial charge in [-0.15, -0.1) is 6.58 Å². The molecule has 0 spiro atoms. The van der Waals surface area contributed by atoms with Gasteiger partial charge in [-0.1, -0.05) is 6.08 Å². The van der Waals surface area contributed by atoms with E-state index in [-0.39, 0.29) is 0 Å². The van der Waals surface area contributed by atoms with E-state index in [0.717, 1.165) is 13.2 Å². The Balaban J connectivity index is 3.47. The van der Waals surface area contributed by atoms with E-state index in [1.54, 1.807) is 7.11 Å². The van der Waals surface area contributed by atoms with E-state index in [1.807, 2.05) is 6.08 Å². The van der Waals surface area contributed by atoms with Crippen LogP contribution >= 0.6 is 0 Å². The van der Waals surface area contributed by atoms with Gasteiger partial charge in [-0.2, -0.15) is 0 Å². The van der Waals surface area contributed by atoms with Gasteiger partial charge in [-0.25, -0.2) is 0 Å². The quantitative estimate of drug-likeness (QED) is 0.535.